The van der Waals surface area contributed by atoms with Crippen molar-refractivity contribution in [3.63, 3.8) is 0 Å². The summed E-state index contributed by atoms with van der Waals surface area (Å²) in [6.07, 6.45) is 0.786. The average molecular weight is 222 g/mol. The van der Waals surface area contributed by atoms with E-state index in [1.54, 1.807) is 11.9 Å². The van der Waals surface area contributed by atoms with Crippen LogP contribution in [-0.2, 0) is 6.42 Å². The van der Waals surface area contributed by atoms with E-state index in [4.69, 9.17) is 4.42 Å². The largest absolute Gasteiger partial charge is 0.406 e. The molecule has 1 rings (SSSR count). The van der Waals surface area contributed by atoms with Gasteiger partial charge in [-0.2, -0.15) is 0 Å². The van der Waals surface area contributed by atoms with E-state index in [0.717, 1.165) is 23.3 Å². The second-order valence-corrected chi connectivity index (χ2v) is 3.83. The van der Waals surface area contributed by atoms with Crippen LogP contribution in [0, 0.1) is 0 Å². The lowest BCUT2D eigenvalue weighted by molar-refractivity contribution is 0.508. The maximum absolute atomic E-state index is 11.4. The molecular weight excluding hydrogens is 204 g/mol. The highest BCUT2D eigenvalue weighted by atomic mass is 16.4. The van der Waals surface area contributed by atoms with Crippen molar-refractivity contribution in [2.24, 2.45) is 4.99 Å². The molecule has 0 atom stereocenters. The van der Waals surface area contributed by atoms with Gasteiger partial charge >= 0.3 is 5.63 Å². The van der Waals surface area contributed by atoms with Crippen molar-refractivity contribution in [3.05, 3.63) is 27.6 Å². The zero-order valence-electron chi connectivity index (χ0n) is 10.5. The van der Waals surface area contributed by atoms with Gasteiger partial charge in [0.1, 0.15) is 0 Å². The molecule has 1 aromatic heterocycles. The Labute approximate surface area is 95.6 Å². The Hall–Kier alpha value is -1.58. The van der Waals surface area contributed by atoms with Crippen LogP contribution >= 0.6 is 0 Å². The fraction of sp³-hybridized carbons (Fsp3) is 0.500. The standard InChI is InChI=1S/C12H18N2O2/c1-6-9-7-10(15)16-12(14(4)5)11(9)8(2)13-3/h7H,6H2,1-5H3. The minimum Gasteiger partial charge on any atom is -0.406 e. The summed E-state index contributed by atoms with van der Waals surface area (Å²) >= 11 is 0. The summed E-state index contributed by atoms with van der Waals surface area (Å²) in [4.78, 5) is 17.4. The molecule has 0 bridgehead atoms. The number of aliphatic imine (C=N–C) groups is 1. The number of anilines is 1. The summed E-state index contributed by atoms with van der Waals surface area (Å²) in [5.74, 6) is 0.576. The average Bonchev–Trinajstić information content (AvgIpc) is 2.26. The summed E-state index contributed by atoms with van der Waals surface area (Å²) in [7, 11) is 5.44. The molecule has 0 radical (unpaired) electrons. The van der Waals surface area contributed by atoms with Crippen molar-refractivity contribution < 1.29 is 4.42 Å². The Bertz CT molecular complexity index is 459. The van der Waals surface area contributed by atoms with Crippen LogP contribution in [0.4, 0.5) is 5.88 Å². The smallest absolute Gasteiger partial charge is 0.337 e. The van der Waals surface area contributed by atoms with E-state index in [-0.39, 0.29) is 5.63 Å². The van der Waals surface area contributed by atoms with Gasteiger partial charge < -0.3 is 9.32 Å². The second-order valence-electron chi connectivity index (χ2n) is 3.83. The first-order chi connectivity index (χ1) is 7.51. The highest BCUT2D eigenvalue weighted by Gasteiger charge is 2.15. The lowest BCUT2D eigenvalue weighted by Gasteiger charge is -2.17. The van der Waals surface area contributed by atoms with Crippen LogP contribution in [0.5, 0.6) is 0 Å². The molecule has 0 saturated carbocycles. The van der Waals surface area contributed by atoms with Crippen molar-refractivity contribution >= 4 is 11.6 Å². The molecule has 0 aromatic carbocycles. The molecule has 0 aliphatic heterocycles. The van der Waals surface area contributed by atoms with Gasteiger partial charge in [0.25, 0.3) is 0 Å². The van der Waals surface area contributed by atoms with Crippen LogP contribution in [0.15, 0.2) is 20.3 Å². The van der Waals surface area contributed by atoms with Gasteiger partial charge in [-0.15, -0.1) is 0 Å². The Balaban J connectivity index is 3.58. The Kier molecular flexibility index (Phi) is 3.88. The molecule has 0 spiro atoms. The van der Waals surface area contributed by atoms with Crippen LogP contribution < -0.4 is 10.5 Å². The summed E-state index contributed by atoms with van der Waals surface area (Å²) in [6.45, 7) is 3.93. The second kappa shape index (κ2) is 4.96. The predicted molar refractivity (Wildman–Crippen MR) is 66.8 cm³/mol. The minimum atomic E-state index is -0.312. The predicted octanol–water partition coefficient (Wildman–Crippen LogP) is 1.71. The van der Waals surface area contributed by atoms with Gasteiger partial charge in [0.2, 0.25) is 5.88 Å². The highest BCUT2D eigenvalue weighted by Crippen LogP contribution is 2.21. The molecule has 0 N–H and O–H groups in total. The summed E-state index contributed by atoms with van der Waals surface area (Å²) < 4.78 is 5.22. The van der Waals surface area contributed by atoms with E-state index >= 15 is 0 Å². The topological polar surface area (TPSA) is 45.8 Å². The third-order valence-corrected chi connectivity index (χ3v) is 2.51. The number of aryl methyl sites for hydroxylation is 1. The monoisotopic (exact) mass is 222 g/mol. The number of hydrogen-bond acceptors (Lipinski definition) is 4. The third-order valence-electron chi connectivity index (χ3n) is 2.51. The first-order valence-corrected chi connectivity index (χ1v) is 5.29. The molecule has 16 heavy (non-hydrogen) atoms. The minimum absolute atomic E-state index is 0.312. The summed E-state index contributed by atoms with van der Waals surface area (Å²) in [6, 6.07) is 1.54. The van der Waals surface area contributed by atoms with Gasteiger partial charge in [-0.3, -0.25) is 4.99 Å². The first-order valence-electron chi connectivity index (χ1n) is 5.29. The summed E-state index contributed by atoms with van der Waals surface area (Å²) in [5.41, 5.74) is 2.47. The van der Waals surface area contributed by atoms with Crippen molar-refractivity contribution in [1.29, 1.82) is 0 Å². The Morgan fingerprint density at radius 2 is 2.12 bits per heavy atom. The van der Waals surface area contributed by atoms with E-state index in [9.17, 15) is 4.79 Å². The lowest BCUT2D eigenvalue weighted by atomic mass is 10.0. The van der Waals surface area contributed by atoms with Crippen molar-refractivity contribution in [1.82, 2.24) is 0 Å². The summed E-state index contributed by atoms with van der Waals surface area (Å²) in [5, 5.41) is 0. The molecule has 0 aliphatic rings. The zero-order valence-corrected chi connectivity index (χ0v) is 10.5. The number of nitrogens with zero attached hydrogens (tertiary/aromatic N) is 2. The van der Waals surface area contributed by atoms with Crippen molar-refractivity contribution in [2.75, 3.05) is 26.0 Å². The van der Waals surface area contributed by atoms with E-state index in [1.165, 1.54) is 6.07 Å². The molecule has 4 heteroatoms. The van der Waals surface area contributed by atoms with Gasteiger partial charge in [-0.05, 0) is 18.9 Å². The molecule has 1 aromatic rings. The number of hydrogen-bond donors (Lipinski definition) is 0. The van der Waals surface area contributed by atoms with Crippen LogP contribution in [0.3, 0.4) is 0 Å². The van der Waals surface area contributed by atoms with Crippen molar-refractivity contribution in [2.45, 2.75) is 20.3 Å². The van der Waals surface area contributed by atoms with E-state index in [0.29, 0.717) is 5.88 Å². The zero-order chi connectivity index (χ0) is 12.3. The van der Waals surface area contributed by atoms with Crippen LogP contribution in [0.25, 0.3) is 0 Å². The fourth-order valence-corrected chi connectivity index (χ4v) is 1.62. The third kappa shape index (κ3) is 2.32. The van der Waals surface area contributed by atoms with Crippen molar-refractivity contribution in [3.8, 4) is 0 Å². The maximum atomic E-state index is 11.4. The molecule has 0 saturated heterocycles. The molecule has 1 heterocycles. The van der Waals surface area contributed by atoms with Gasteiger partial charge in [0, 0.05) is 32.9 Å². The van der Waals surface area contributed by atoms with E-state index in [2.05, 4.69) is 4.99 Å². The quantitative estimate of drug-likeness (QED) is 0.731. The SMILES string of the molecule is CCc1cc(=O)oc(N(C)C)c1C(C)=NC. The van der Waals surface area contributed by atoms with Gasteiger partial charge in [0.15, 0.2) is 0 Å². The van der Waals surface area contributed by atoms with Crippen LogP contribution in [-0.4, -0.2) is 26.9 Å². The van der Waals surface area contributed by atoms with E-state index < -0.39 is 0 Å². The van der Waals surface area contributed by atoms with Gasteiger partial charge in [-0.25, -0.2) is 4.79 Å². The van der Waals surface area contributed by atoms with Crippen LogP contribution in [0.1, 0.15) is 25.0 Å². The highest BCUT2D eigenvalue weighted by molar-refractivity contribution is 6.03. The molecular formula is C12H18N2O2. The van der Waals surface area contributed by atoms with E-state index in [1.807, 2.05) is 27.9 Å². The molecule has 0 fully saturated rings. The maximum Gasteiger partial charge on any atom is 0.337 e. The van der Waals surface area contributed by atoms with Crippen LogP contribution in [0.2, 0.25) is 0 Å². The first kappa shape index (κ1) is 12.5. The Morgan fingerprint density at radius 1 is 1.50 bits per heavy atom. The molecule has 0 aliphatic carbocycles. The fourth-order valence-electron chi connectivity index (χ4n) is 1.62. The number of rotatable bonds is 3. The molecule has 0 unspecified atom stereocenters. The lowest BCUT2D eigenvalue weighted by Crippen LogP contribution is -2.18. The molecule has 0 amide bonds. The molecule has 88 valence electrons. The Morgan fingerprint density at radius 3 is 2.56 bits per heavy atom. The molecule has 4 nitrogen and oxygen atoms in total. The normalized spacial score (nSPS) is 11.7. The van der Waals surface area contributed by atoms with Gasteiger partial charge in [0.05, 0.1) is 5.56 Å². The van der Waals surface area contributed by atoms with Gasteiger partial charge in [-0.1, -0.05) is 6.92 Å².